The van der Waals surface area contributed by atoms with E-state index < -0.39 is 73.9 Å². The SMILES string of the molecule is CCC1CCC(N)C(OC2C(N)CC(N)C(OC3OC(CO)C(O)C(N)C3O)C2O)O1. The molecule has 12 nitrogen and oxygen atoms in total. The molecule has 0 amide bonds. The zero-order valence-corrected chi connectivity index (χ0v) is 17.8. The third-order valence-corrected chi connectivity index (χ3v) is 6.53. The maximum absolute atomic E-state index is 11.0. The van der Waals surface area contributed by atoms with Crippen LogP contribution in [0.1, 0.15) is 32.6 Å². The van der Waals surface area contributed by atoms with Gasteiger partial charge in [0.25, 0.3) is 0 Å². The summed E-state index contributed by atoms with van der Waals surface area (Å²) >= 11 is 0. The lowest BCUT2D eigenvalue weighted by molar-refractivity contribution is -0.313. The molecule has 13 unspecified atom stereocenters. The first kappa shape index (κ1) is 25.1. The molecule has 3 aliphatic rings. The van der Waals surface area contributed by atoms with Crippen molar-refractivity contribution in [1.29, 1.82) is 0 Å². The van der Waals surface area contributed by atoms with Crippen molar-refractivity contribution in [2.24, 2.45) is 22.9 Å². The molecule has 2 saturated heterocycles. The van der Waals surface area contributed by atoms with Crippen LogP contribution in [-0.2, 0) is 18.9 Å². The quantitative estimate of drug-likeness (QED) is 0.195. The van der Waals surface area contributed by atoms with Gasteiger partial charge < -0.3 is 62.3 Å². The molecule has 12 heteroatoms. The van der Waals surface area contributed by atoms with Gasteiger partial charge in [0.05, 0.1) is 24.8 Å². The van der Waals surface area contributed by atoms with E-state index in [0.717, 1.165) is 19.3 Å². The van der Waals surface area contributed by atoms with Crippen molar-refractivity contribution in [2.45, 2.75) is 112 Å². The highest BCUT2D eigenvalue weighted by molar-refractivity contribution is 5.00. The summed E-state index contributed by atoms with van der Waals surface area (Å²) < 4.78 is 23.2. The Morgan fingerprint density at radius 2 is 1.42 bits per heavy atom. The molecule has 0 aromatic heterocycles. The Hall–Kier alpha value is -0.480. The summed E-state index contributed by atoms with van der Waals surface area (Å²) in [5, 5.41) is 40.8. The number of hydrogen-bond donors (Lipinski definition) is 8. The second-order valence-corrected chi connectivity index (χ2v) is 8.82. The van der Waals surface area contributed by atoms with Crippen molar-refractivity contribution in [3.63, 3.8) is 0 Å². The monoisotopic (exact) mass is 450 g/mol. The molecule has 3 fully saturated rings. The minimum Gasteiger partial charge on any atom is -0.394 e. The van der Waals surface area contributed by atoms with Gasteiger partial charge in [0.15, 0.2) is 12.6 Å². The highest BCUT2D eigenvalue weighted by atomic mass is 16.7. The van der Waals surface area contributed by atoms with Gasteiger partial charge in [-0.05, 0) is 25.7 Å². The number of aliphatic hydroxyl groups is 4. The number of nitrogens with two attached hydrogens (primary N) is 4. The largest absolute Gasteiger partial charge is 0.394 e. The average Bonchev–Trinajstić information content (AvgIpc) is 2.75. The molecule has 1 saturated carbocycles. The van der Waals surface area contributed by atoms with Crippen molar-refractivity contribution < 1.29 is 39.4 Å². The van der Waals surface area contributed by atoms with Gasteiger partial charge in [-0.2, -0.15) is 0 Å². The third-order valence-electron chi connectivity index (χ3n) is 6.53. The molecule has 0 spiro atoms. The van der Waals surface area contributed by atoms with Crippen molar-refractivity contribution in [2.75, 3.05) is 6.61 Å². The summed E-state index contributed by atoms with van der Waals surface area (Å²) in [7, 11) is 0. The third kappa shape index (κ3) is 5.37. The average molecular weight is 451 g/mol. The first-order chi connectivity index (χ1) is 14.7. The Labute approximate surface area is 181 Å². The van der Waals surface area contributed by atoms with Crippen molar-refractivity contribution in [3.05, 3.63) is 0 Å². The second kappa shape index (κ2) is 10.6. The molecular formula is C19H38N4O8. The van der Waals surface area contributed by atoms with E-state index in [1.165, 1.54) is 0 Å². The Bertz CT molecular complexity index is 575. The van der Waals surface area contributed by atoms with Gasteiger partial charge in [-0.1, -0.05) is 6.92 Å². The molecule has 182 valence electrons. The topological polar surface area (TPSA) is 222 Å². The Morgan fingerprint density at radius 1 is 0.806 bits per heavy atom. The fourth-order valence-corrected chi connectivity index (χ4v) is 4.48. The molecule has 0 aromatic carbocycles. The highest BCUT2D eigenvalue weighted by Gasteiger charge is 2.49. The number of rotatable bonds is 6. The number of hydrogen-bond acceptors (Lipinski definition) is 12. The van der Waals surface area contributed by atoms with Crippen LogP contribution >= 0.6 is 0 Å². The first-order valence-electron chi connectivity index (χ1n) is 11.0. The van der Waals surface area contributed by atoms with E-state index in [-0.39, 0.29) is 18.6 Å². The Kier molecular flexibility index (Phi) is 8.63. The minimum absolute atomic E-state index is 0.0187. The van der Waals surface area contributed by atoms with Crippen LogP contribution in [0.4, 0.5) is 0 Å². The maximum atomic E-state index is 11.0. The van der Waals surface area contributed by atoms with E-state index >= 15 is 0 Å². The zero-order chi connectivity index (χ0) is 22.9. The van der Waals surface area contributed by atoms with Crippen LogP contribution in [0.3, 0.4) is 0 Å². The van der Waals surface area contributed by atoms with Crippen LogP contribution in [0.15, 0.2) is 0 Å². The van der Waals surface area contributed by atoms with E-state index in [1.807, 2.05) is 6.92 Å². The fourth-order valence-electron chi connectivity index (χ4n) is 4.48. The van der Waals surface area contributed by atoms with Gasteiger partial charge in [-0.3, -0.25) is 0 Å². The number of ether oxygens (including phenoxy) is 4. The lowest BCUT2D eigenvalue weighted by Crippen LogP contribution is -2.68. The highest BCUT2D eigenvalue weighted by Crippen LogP contribution is 2.31. The van der Waals surface area contributed by atoms with Crippen molar-refractivity contribution >= 4 is 0 Å². The van der Waals surface area contributed by atoms with Gasteiger partial charge >= 0.3 is 0 Å². The van der Waals surface area contributed by atoms with Crippen LogP contribution < -0.4 is 22.9 Å². The Balaban J connectivity index is 1.69. The lowest BCUT2D eigenvalue weighted by Gasteiger charge is -2.47. The summed E-state index contributed by atoms with van der Waals surface area (Å²) in [6, 6.07) is -2.73. The molecular weight excluding hydrogens is 412 g/mol. The van der Waals surface area contributed by atoms with Gasteiger partial charge in [0, 0.05) is 12.1 Å². The normalized spacial score (nSPS) is 51.6. The molecule has 3 rings (SSSR count). The fraction of sp³-hybridized carbons (Fsp3) is 1.00. The standard InChI is InChI=1S/C19H38N4O8/c1-2-7-3-4-8(20)18(28-7)30-16-9(21)5-10(22)17(15(16)27)31-19-14(26)12(23)13(25)11(6-24)29-19/h7-19,24-27H,2-6,20-23H2,1H3. The molecule has 0 radical (unpaired) electrons. The predicted octanol–water partition coefficient (Wildman–Crippen LogP) is -3.82. The van der Waals surface area contributed by atoms with E-state index in [9.17, 15) is 20.4 Å². The molecule has 2 aliphatic heterocycles. The summed E-state index contributed by atoms with van der Waals surface area (Å²) in [6.07, 6.45) is -6.22. The van der Waals surface area contributed by atoms with Crippen molar-refractivity contribution in [3.8, 4) is 0 Å². The van der Waals surface area contributed by atoms with E-state index in [2.05, 4.69) is 0 Å². The van der Waals surface area contributed by atoms with Gasteiger partial charge in [0.2, 0.25) is 0 Å². The van der Waals surface area contributed by atoms with E-state index in [0.29, 0.717) is 0 Å². The van der Waals surface area contributed by atoms with E-state index in [4.69, 9.17) is 41.9 Å². The lowest BCUT2D eigenvalue weighted by atomic mass is 9.84. The Morgan fingerprint density at radius 3 is 2.00 bits per heavy atom. The summed E-state index contributed by atoms with van der Waals surface area (Å²) in [6.45, 7) is 1.49. The number of aliphatic hydroxyl groups excluding tert-OH is 4. The molecule has 12 N–H and O–H groups in total. The van der Waals surface area contributed by atoms with Crippen LogP contribution in [0.2, 0.25) is 0 Å². The first-order valence-corrected chi connectivity index (χ1v) is 11.0. The molecule has 2 heterocycles. The van der Waals surface area contributed by atoms with Gasteiger partial charge in [-0.25, -0.2) is 0 Å². The molecule has 0 bridgehead atoms. The van der Waals surface area contributed by atoms with Crippen molar-refractivity contribution in [1.82, 2.24) is 0 Å². The maximum Gasteiger partial charge on any atom is 0.186 e. The van der Waals surface area contributed by atoms with E-state index in [1.54, 1.807) is 0 Å². The molecule has 31 heavy (non-hydrogen) atoms. The van der Waals surface area contributed by atoms with Crippen LogP contribution in [-0.4, -0.2) is 107 Å². The van der Waals surface area contributed by atoms with Gasteiger partial charge in [-0.15, -0.1) is 0 Å². The molecule has 0 aromatic rings. The van der Waals surface area contributed by atoms with Crippen LogP contribution in [0.25, 0.3) is 0 Å². The summed E-state index contributed by atoms with van der Waals surface area (Å²) in [4.78, 5) is 0. The molecule has 1 aliphatic carbocycles. The minimum atomic E-state index is -1.40. The smallest absolute Gasteiger partial charge is 0.186 e. The molecule has 13 atom stereocenters. The zero-order valence-electron chi connectivity index (χ0n) is 17.8. The summed E-state index contributed by atoms with van der Waals surface area (Å²) in [5.74, 6) is 0. The summed E-state index contributed by atoms with van der Waals surface area (Å²) in [5.41, 5.74) is 24.4. The van der Waals surface area contributed by atoms with Crippen LogP contribution in [0.5, 0.6) is 0 Å². The second-order valence-electron chi connectivity index (χ2n) is 8.82. The predicted molar refractivity (Wildman–Crippen MR) is 108 cm³/mol. The van der Waals surface area contributed by atoms with Gasteiger partial charge in [0.1, 0.15) is 36.6 Å². The van der Waals surface area contributed by atoms with Crippen LogP contribution in [0, 0.1) is 0 Å².